The number of esters is 1. The van der Waals surface area contributed by atoms with Crippen molar-refractivity contribution in [3.8, 4) is 11.3 Å². The van der Waals surface area contributed by atoms with Gasteiger partial charge in [0.1, 0.15) is 17.3 Å². The minimum absolute atomic E-state index is 0.0118. The summed E-state index contributed by atoms with van der Waals surface area (Å²) in [7, 11) is 0. The van der Waals surface area contributed by atoms with E-state index in [0.717, 1.165) is 11.1 Å². The molecular weight excluding hydrogens is 442 g/mol. The number of primary amides is 1. The third kappa shape index (κ3) is 4.67. The molecule has 0 radical (unpaired) electrons. The van der Waals surface area contributed by atoms with Crippen molar-refractivity contribution in [2.45, 2.75) is 51.8 Å². The summed E-state index contributed by atoms with van der Waals surface area (Å²) in [5.74, 6) is -1.39. The molecule has 2 aromatic rings. The van der Waals surface area contributed by atoms with Gasteiger partial charge in [-0.15, -0.1) is 0 Å². The number of oxazole rings is 1. The molecule has 29 heavy (non-hydrogen) atoms. The average Bonchev–Trinajstić information content (AvgIpc) is 3.17. The SMILES string of the molecule is CC(C)(C)OC(=O)CCC(C(N)=O)N1Cc2cc(-c3ncoc3Br)ccc2C1=O. The summed E-state index contributed by atoms with van der Waals surface area (Å²) in [5, 5.41) is 0. The van der Waals surface area contributed by atoms with Crippen LogP contribution >= 0.6 is 15.9 Å². The van der Waals surface area contributed by atoms with Crippen LogP contribution in [0.5, 0.6) is 0 Å². The van der Waals surface area contributed by atoms with E-state index in [2.05, 4.69) is 20.9 Å². The van der Waals surface area contributed by atoms with Gasteiger partial charge in [0.25, 0.3) is 5.91 Å². The molecule has 1 aliphatic heterocycles. The fourth-order valence-corrected chi connectivity index (χ4v) is 3.68. The van der Waals surface area contributed by atoms with Gasteiger partial charge in [0.15, 0.2) is 11.1 Å². The van der Waals surface area contributed by atoms with E-state index in [9.17, 15) is 14.4 Å². The summed E-state index contributed by atoms with van der Waals surface area (Å²) in [6.07, 6.45) is 1.41. The smallest absolute Gasteiger partial charge is 0.306 e. The van der Waals surface area contributed by atoms with Crippen LogP contribution in [0.3, 0.4) is 0 Å². The number of hydrogen-bond acceptors (Lipinski definition) is 6. The Kier molecular flexibility index (Phi) is 5.79. The first-order chi connectivity index (χ1) is 13.6. The second-order valence-electron chi connectivity index (χ2n) is 7.82. The Morgan fingerprint density at radius 1 is 1.38 bits per heavy atom. The molecule has 2 amide bonds. The lowest BCUT2D eigenvalue weighted by atomic mass is 10.0. The summed E-state index contributed by atoms with van der Waals surface area (Å²) >= 11 is 3.29. The molecule has 2 heterocycles. The number of carbonyl (C=O) groups excluding carboxylic acids is 3. The number of carbonyl (C=O) groups is 3. The van der Waals surface area contributed by atoms with E-state index in [-0.39, 0.29) is 25.3 Å². The first kappa shape index (κ1) is 21.0. The van der Waals surface area contributed by atoms with Gasteiger partial charge in [-0.1, -0.05) is 6.07 Å². The van der Waals surface area contributed by atoms with Gasteiger partial charge in [-0.25, -0.2) is 4.98 Å². The van der Waals surface area contributed by atoms with E-state index >= 15 is 0 Å². The van der Waals surface area contributed by atoms with E-state index in [0.29, 0.717) is 15.9 Å². The summed E-state index contributed by atoms with van der Waals surface area (Å²) in [6.45, 7) is 5.52. The Morgan fingerprint density at radius 2 is 2.10 bits per heavy atom. The van der Waals surface area contributed by atoms with Crippen molar-refractivity contribution < 1.29 is 23.5 Å². The highest BCUT2D eigenvalue weighted by molar-refractivity contribution is 9.10. The summed E-state index contributed by atoms with van der Waals surface area (Å²) in [5.41, 5.74) is 7.57. The lowest BCUT2D eigenvalue weighted by Gasteiger charge is -2.25. The van der Waals surface area contributed by atoms with Gasteiger partial charge in [0, 0.05) is 24.1 Å². The predicted molar refractivity (Wildman–Crippen MR) is 108 cm³/mol. The molecule has 0 saturated carbocycles. The van der Waals surface area contributed by atoms with Gasteiger partial charge in [-0.2, -0.15) is 0 Å². The number of halogens is 1. The fraction of sp³-hybridized carbons (Fsp3) is 0.400. The molecule has 0 bridgehead atoms. The van der Waals surface area contributed by atoms with Crippen LogP contribution in [0.4, 0.5) is 0 Å². The molecule has 1 aromatic carbocycles. The van der Waals surface area contributed by atoms with Crippen LogP contribution in [-0.4, -0.2) is 39.3 Å². The number of amides is 2. The molecule has 9 heteroatoms. The molecule has 3 rings (SSSR count). The van der Waals surface area contributed by atoms with Crippen molar-refractivity contribution >= 4 is 33.7 Å². The first-order valence-electron chi connectivity index (χ1n) is 9.11. The third-order valence-electron chi connectivity index (χ3n) is 4.48. The molecular formula is C20H22BrN3O5. The summed E-state index contributed by atoms with van der Waals surface area (Å²) in [6, 6.07) is 4.40. The fourth-order valence-electron chi connectivity index (χ4n) is 3.26. The number of aromatic nitrogens is 1. The van der Waals surface area contributed by atoms with Crippen molar-refractivity contribution in [3.63, 3.8) is 0 Å². The standard InChI is InChI=1S/C20H22BrN3O5/c1-20(2,3)29-15(25)7-6-14(18(22)26)24-9-12-8-11(4-5-13(12)19(24)27)16-17(21)28-10-23-16/h4-5,8,10,14H,6-7,9H2,1-3H3,(H2,22,26). The molecule has 1 unspecified atom stereocenters. The Labute approximate surface area is 176 Å². The summed E-state index contributed by atoms with van der Waals surface area (Å²) < 4.78 is 10.9. The Morgan fingerprint density at radius 3 is 2.69 bits per heavy atom. The molecule has 1 atom stereocenters. The Bertz CT molecular complexity index is 963. The van der Waals surface area contributed by atoms with Gasteiger partial charge in [0.05, 0.1) is 0 Å². The Balaban J connectivity index is 1.76. The average molecular weight is 464 g/mol. The number of hydrogen-bond donors (Lipinski definition) is 1. The van der Waals surface area contributed by atoms with Crippen LogP contribution in [0.15, 0.2) is 33.7 Å². The molecule has 0 aliphatic carbocycles. The molecule has 0 spiro atoms. The number of fused-ring (bicyclic) bond motifs is 1. The molecule has 8 nitrogen and oxygen atoms in total. The third-order valence-corrected chi connectivity index (χ3v) is 5.04. The van der Waals surface area contributed by atoms with Crippen LogP contribution in [0.25, 0.3) is 11.3 Å². The van der Waals surface area contributed by atoms with Crippen LogP contribution < -0.4 is 5.73 Å². The van der Waals surface area contributed by atoms with Gasteiger partial charge < -0.3 is 19.8 Å². The second-order valence-corrected chi connectivity index (χ2v) is 8.54. The monoisotopic (exact) mass is 463 g/mol. The molecule has 154 valence electrons. The number of ether oxygens (including phenoxy) is 1. The summed E-state index contributed by atoms with van der Waals surface area (Å²) in [4.78, 5) is 42.4. The van der Waals surface area contributed by atoms with Crippen molar-refractivity contribution in [2.24, 2.45) is 5.73 Å². The van der Waals surface area contributed by atoms with Crippen molar-refractivity contribution in [3.05, 3.63) is 40.4 Å². The zero-order valence-electron chi connectivity index (χ0n) is 16.4. The highest BCUT2D eigenvalue weighted by Gasteiger charge is 2.36. The quantitative estimate of drug-likeness (QED) is 0.658. The van der Waals surface area contributed by atoms with Crippen molar-refractivity contribution in [2.75, 3.05) is 0 Å². The predicted octanol–water partition coefficient (Wildman–Crippen LogP) is 3.04. The van der Waals surface area contributed by atoms with Crippen LogP contribution in [0.1, 0.15) is 49.5 Å². The number of rotatable bonds is 6. The van der Waals surface area contributed by atoms with Crippen LogP contribution in [0.2, 0.25) is 0 Å². The normalized spacial score (nSPS) is 14.6. The maximum Gasteiger partial charge on any atom is 0.306 e. The number of nitrogens with zero attached hydrogens (tertiary/aromatic N) is 2. The van der Waals surface area contributed by atoms with E-state index in [1.807, 2.05) is 6.07 Å². The van der Waals surface area contributed by atoms with E-state index in [1.54, 1.807) is 32.9 Å². The molecule has 1 aliphatic rings. The molecule has 2 N–H and O–H groups in total. The zero-order chi connectivity index (χ0) is 21.3. The molecule has 0 fully saturated rings. The highest BCUT2D eigenvalue weighted by Crippen LogP contribution is 2.32. The lowest BCUT2D eigenvalue weighted by molar-refractivity contribution is -0.155. The number of benzene rings is 1. The van der Waals surface area contributed by atoms with Crippen LogP contribution in [-0.2, 0) is 20.9 Å². The van der Waals surface area contributed by atoms with Gasteiger partial charge in [-0.3, -0.25) is 14.4 Å². The topological polar surface area (TPSA) is 116 Å². The van der Waals surface area contributed by atoms with Gasteiger partial charge in [0.2, 0.25) is 5.91 Å². The first-order valence-corrected chi connectivity index (χ1v) is 9.90. The Hall–Kier alpha value is -2.68. The highest BCUT2D eigenvalue weighted by atomic mass is 79.9. The second kappa shape index (κ2) is 7.98. The van der Waals surface area contributed by atoms with Crippen molar-refractivity contribution in [1.82, 2.24) is 9.88 Å². The molecule has 1 aromatic heterocycles. The minimum atomic E-state index is -0.898. The van der Waals surface area contributed by atoms with E-state index < -0.39 is 23.5 Å². The van der Waals surface area contributed by atoms with Crippen molar-refractivity contribution in [1.29, 1.82) is 0 Å². The number of nitrogens with two attached hydrogens (primary N) is 1. The van der Waals surface area contributed by atoms with Crippen LogP contribution in [0, 0.1) is 0 Å². The van der Waals surface area contributed by atoms with E-state index in [4.69, 9.17) is 14.9 Å². The van der Waals surface area contributed by atoms with Gasteiger partial charge in [-0.05, 0) is 60.8 Å². The zero-order valence-corrected chi connectivity index (χ0v) is 18.0. The van der Waals surface area contributed by atoms with Gasteiger partial charge >= 0.3 is 5.97 Å². The largest absolute Gasteiger partial charge is 0.460 e. The maximum atomic E-state index is 12.8. The maximum absolute atomic E-state index is 12.8. The minimum Gasteiger partial charge on any atom is -0.460 e. The molecule has 0 saturated heterocycles. The lowest BCUT2D eigenvalue weighted by Crippen LogP contribution is -2.45. The van der Waals surface area contributed by atoms with E-state index in [1.165, 1.54) is 11.3 Å².